The fourth-order valence-corrected chi connectivity index (χ4v) is 2.44. The monoisotopic (exact) mass is 265 g/mol. The standard InChI is InChI=1S/C11H11N3OS2/c1-2-10-13-14-11(17-10)12-9(15)6-5-8-4-3-7-16-8/h3-7H,2H2,1H3,(H,12,14,15). The maximum Gasteiger partial charge on any atom is 0.250 e. The van der Waals surface area contributed by atoms with Gasteiger partial charge in [0, 0.05) is 11.0 Å². The maximum absolute atomic E-state index is 11.6. The summed E-state index contributed by atoms with van der Waals surface area (Å²) in [6.07, 6.45) is 4.11. The van der Waals surface area contributed by atoms with Crippen LogP contribution in [-0.2, 0) is 11.2 Å². The largest absolute Gasteiger partial charge is 0.297 e. The molecule has 0 atom stereocenters. The van der Waals surface area contributed by atoms with Gasteiger partial charge in [0.2, 0.25) is 11.0 Å². The van der Waals surface area contributed by atoms with Crippen molar-refractivity contribution >= 4 is 39.8 Å². The number of nitrogens with zero attached hydrogens (tertiary/aromatic N) is 2. The molecule has 0 aromatic carbocycles. The summed E-state index contributed by atoms with van der Waals surface area (Å²) in [5.74, 6) is -0.183. The van der Waals surface area contributed by atoms with E-state index in [0.29, 0.717) is 5.13 Å². The highest BCUT2D eigenvalue weighted by molar-refractivity contribution is 7.15. The summed E-state index contributed by atoms with van der Waals surface area (Å²) in [5.41, 5.74) is 0. The molecule has 0 radical (unpaired) electrons. The van der Waals surface area contributed by atoms with Crippen LogP contribution in [-0.4, -0.2) is 16.1 Å². The number of nitrogens with one attached hydrogen (secondary N) is 1. The average molecular weight is 265 g/mol. The lowest BCUT2D eigenvalue weighted by atomic mass is 10.4. The Balaban J connectivity index is 1.93. The van der Waals surface area contributed by atoms with Gasteiger partial charge in [-0.2, -0.15) is 0 Å². The van der Waals surface area contributed by atoms with Crippen LogP contribution in [0.25, 0.3) is 6.08 Å². The second-order valence-electron chi connectivity index (χ2n) is 3.19. The van der Waals surface area contributed by atoms with E-state index in [0.717, 1.165) is 16.3 Å². The molecule has 0 aliphatic rings. The molecule has 0 saturated carbocycles. The number of anilines is 1. The van der Waals surface area contributed by atoms with Crippen LogP contribution in [0.2, 0.25) is 0 Å². The molecule has 0 saturated heterocycles. The van der Waals surface area contributed by atoms with Gasteiger partial charge in [-0.1, -0.05) is 24.3 Å². The van der Waals surface area contributed by atoms with Gasteiger partial charge in [-0.25, -0.2) is 0 Å². The minimum atomic E-state index is -0.183. The van der Waals surface area contributed by atoms with Crippen LogP contribution in [0.5, 0.6) is 0 Å². The molecule has 4 nitrogen and oxygen atoms in total. The van der Waals surface area contributed by atoms with Crippen molar-refractivity contribution in [3.05, 3.63) is 33.5 Å². The predicted molar refractivity (Wildman–Crippen MR) is 71.3 cm³/mol. The zero-order valence-electron chi connectivity index (χ0n) is 9.21. The van der Waals surface area contributed by atoms with Crippen molar-refractivity contribution in [1.29, 1.82) is 0 Å². The Labute approximate surface area is 107 Å². The van der Waals surface area contributed by atoms with Crippen molar-refractivity contribution in [2.24, 2.45) is 0 Å². The Morgan fingerprint density at radius 3 is 3.06 bits per heavy atom. The number of rotatable bonds is 4. The number of carbonyl (C=O) groups excluding carboxylic acids is 1. The van der Waals surface area contributed by atoms with E-state index < -0.39 is 0 Å². The fourth-order valence-electron chi connectivity index (χ4n) is 1.14. The van der Waals surface area contributed by atoms with Gasteiger partial charge in [-0.15, -0.1) is 21.5 Å². The van der Waals surface area contributed by atoms with Gasteiger partial charge in [0.1, 0.15) is 5.01 Å². The first kappa shape index (κ1) is 11.9. The molecule has 0 aliphatic heterocycles. The van der Waals surface area contributed by atoms with E-state index in [2.05, 4.69) is 15.5 Å². The highest BCUT2D eigenvalue weighted by Gasteiger charge is 2.04. The fraction of sp³-hybridized carbons (Fsp3) is 0.182. The van der Waals surface area contributed by atoms with Crippen LogP contribution in [0, 0.1) is 0 Å². The van der Waals surface area contributed by atoms with E-state index in [4.69, 9.17) is 0 Å². The lowest BCUT2D eigenvalue weighted by molar-refractivity contribution is -0.111. The second kappa shape index (κ2) is 5.70. The van der Waals surface area contributed by atoms with Gasteiger partial charge in [0.15, 0.2) is 0 Å². The van der Waals surface area contributed by atoms with Gasteiger partial charge < -0.3 is 0 Å². The minimum Gasteiger partial charge on any atom is -0.297 e. The average Bonchev–Trinajstić information content (AvgIpc) is 2.97. The Bertz CT molecular complexity index is 517. The molecule has 2 heterocycles. The summed E-state index contributed by atoms with van der Waals surface area (Å²) in [6, 6.07) is 3.90. The first-order valence-electron chi connectivity index (χ1n) is 5.13. The zero-order valence-corrected chi connectivity index (χ0v) is 10.8. The topological polar surface area (TPSA) is 54.9 Å². The summed E-state index contributed by atoms with van der Waals surface area (Å²) in [6.45, 7) is 2.00. The molecule has 0 spiro atoms. The van der Waals surface area contributed by atoms with E-state index in [1.807, 2.05) is 24.4 Å². The summed E-state index contributed by atoms with van der Waals surface area (Å²) in [5, 5.41) is 13.9. The van der Waals surface area contributed by atoms with Crippen molar-refractivity contribution in [3.63, 3.8) is 0 Å². The minimum absolute atomic E-state index is 0.183. The van der Waals surface area contributed by atoms with Crippen LogP contribution in [0.1, 0.15) is 16.8 Å². The summed E-state index contributed by atoms with van der Waals surface area (Å²) in [7, 11) is 0. The molecule has 0 unspecified atom stereocenters. The molecule has 2 rings (SSSR count). The highest BCUT2D eigenvalue weighted by atomic mass is 32.1. The molecular formula is C11H11N3OS2. The van der Waals surface area contributed by atoms with Crippen LogP contribution in [0.3, 0.4) is 0 Å². The molecule has 88 valence electrons. The number of hydrogen-bond acceptors (Lipinski definition) is 5. The van der Waals surface area contributed by atoms with Crippen LogP contribution in [0.4, 0.5) is 5.13 Å². The lowest BCUT2D eigenvalue weighted by Gasteiger charge is -1.93. The third-order valence-electron chi connectivity index (χ3n) is 1.94. The lowest BCUT2D eigenvalue weighted by Crippen LogP contribution is -2.07. The van der Waals surface area contributed by atoms with Crippen molar-refractivity contribution in [3.8, 4) is 0 Å². The van der Waals surface area contributed by atoms with Gasteiger partial charge in [0.05, 0.1) is 0 Å². The number of carbonyl (C=O) groups is 1. The summed E-state index contributed by atoms with van der Waals surface area (Å²) < 4.78 is 0. The third kappa shape index (κ3) is 3.47. The number of hydrogen-bond donors (Lipinski definition) is 1. The number of aryl methyl sites for hydroxylation is 1. The van der Waals surface area contributed by atoms with Crippen molar-refractivity contribution < 1.29 is 4.79 Å². The molecule has 0 fully saturated rings. The quantitative estimate of drug-likeness (QED) is 0.865. The van der Waals surface area contributed by atoms with Crippen LogP contribution in [0.15, 0.2) is 23.6 Å². The Morgan fingerprint density at radius 1 is 1.53 bits per heavy atom. The molecule has 1 N–H and O–H groups in total. The van der Waals surface area contributed by atoms with Crippen molar-refractivity contribution in [2.75, 3.05) is 5.32 Å². The van der Waals surface area contributed by atoms with Gasteiger partial charge in [-0.3, -0.25) is 10.1 Å². The first-order chi connectivity index (χ1) is 8.28. The van der Waals surface area contributed by atoms with Crippen molar-refractivity contribution in [2.45, 2.75) is 13.3 Å². The Kier molecular flexibility index (Phi) is 4.00. The number of aromatic nitrogens is 2. The third-order valence-corrected chi connectivity index (χ3v) is 3.76. The Hall–Kier alpha value is -1.53. The smallest absolute Gasteiger partial charge is 0.250 e. The normalized spacial score (nSPS) is 10.9. The molecule has 2 aromatic heterocycles. The predicted octanol–water partition coefficient (Wildman–Crippen LogP) is 2.81. The molecule has 0 bridgehead atoms. The second-order valence-corrected chi connectivity index (χ2v) is 5.23. The molecule has 1 amide bonds. The van der Waals surface area contributed by atoms with Gasteiger partial charge in [-0.05, 0) is 23.9 Å². The van der Waals surface area contributed by atoms with Crippen molar-refractivity contribution in [1.82, 2.24) is 10.2 Å². The SMILES string of the molecule is CCc1nnc(NC(=O)C=Cc2cccs2)s1. The first-order valence-corrected chi connectivity index (χ1v) is 6.82. The summed E-state index contributed by atoms with van der Waals surface area (Å²) >= 11 is 2.99. The zero-order chi connectivity index (χ0) is 12.1. The molecule has 2 aromatic rings. The molecular weight excluding hydrogens is 254 g/mol. The van der Waals surface area contributed by atoms with Crippen LogP contribution < -0.4 is 5.32 Å². The molecule has 17 heavy (non-hydrogen) atoms. The van der Waals surface area contributed by atoms with E-state index in [-0.39, 0.29) is 5.91 Å². The maximum atomic E-state index is 11.6. The van der Waals surface area contributed by atoms with Gasteiger partial charge >= 0.3 is 0 Å². The van der Waals surface area contributed by atoms with Crippen LogP contribution >= 0.6 is 22.7 Å². The van der Waals surface area contributed by atoms with E-state index in [9.17, 15) is 4.79 Å². The van der Waals surface area contributed by atoms with Gasteiger partial charge in [0.25, 0.3) is 0 Å². The van der Waals surface area contributed by atoms with E-state index in [1.165, 1.54) is 17.4 Å². The van der Waals surface area contributed by atoms with E-state index in [1.54, 1.807) is 17.4 Å². The molecule has 6 heteroatoms. The number of amides is 1. The Morgan fingerprint density at radius 2 is 2.41 bits per heavy atom. The highest BCUT2D eigenvalue weighted by Crippen LogP contribution is 2.15. The van der Waals surface area contributed by atoms with E-state index >= 15 is 0 Å². The molecule has 0 aliphatic carbocycles. The number of thiophene rings is 1. The summed E-state index contributed by atoms with van der Waals surface area (Å²) in [4.78, 5) is 12.6.